The molecule has 2 fully saturated rings. The molecule has 0 aromatic carbocycles. The molecule has 2 heterocycles. The SMILES string of the molecule is C/C=C/CN1CCC(N2CCCC2C(=O)O)CC1. The van der Waals surface area contributed by atoms with E-state index in [1.807, 2.05) is 0 Å². The highest BCUT2D eigenvalue weighted by Gasteiger charge is 2.36. The number of nitrogens with zero attached hydrogens (tertiary/aromatic N) is 2. The number of piperidine rings is 1. The van der Waals surface area contributed by atoms with E-state index in [9.17, 15) is 9.90 Å². The van der Waals surface area contributed by atoms with E-state index in [0.29, 0.717) is 6.04 Å². The lowest BCUT2D eigenvalue weighted by molar-refractivity contribution is -0.143. The van der Waals surface area contributed by atoms with Gasteiger partial charge in [-0.25, -0.2) is 0 Å². The summed E-state index contributed by atoms with van der Waals surface area (Å²) < 4.78 is 0. The van der Waals surface area contributed by atoms with Crippen molar-refractivity contribution >= 4 is 5.97 Å². The number of rotatable bonds is 4. The van der Waals surface area contributed by atoms with Crippen molar-refractivity contribution in [2.24, 2.45) is 0 Å². The molecule has 0 aliphatic carbocycles. The lowest BCUT2D eigenvalue weighted by Gasteiger charge is -2.38. The normalized spacial score (nSPS) is 28.2. The number of hydrogen-bond donors (Lipinski definition) is 1. The van der Waals surface area contributed by atoms with Crippen LogP contribution in [0.15, 0.2) is 12.2 Å². The lowest BCUT2D eigenvalue weighted by atomic mass is 10.0. The number of likely N-dealkylation sites (tertiary alicyclic amines) is 2. The van der Waals surface area contributed by atoms with Crippen molar-refractivity contribution in [3.63, 3.8) is 0 Å². The van der Waals surface area contributed by atoms with Gasteiger partial charge in [-0.15, -0.1) is 0 Å². The van der Waals surface area contributed by atoms with Crippen molar-refractivity contribution in [2.45, 2.75) is 44.7 Å². The van der Waals surface area contributed by atoms with Gasteiger partial charge in [0.25, 0.3) is 0 Å². The van der Waals surface area contributed by atoms with Crippen LogP contribution in [-0.4, -0.2) is 59.1 Å². The van der Waals surface area contributed by atoms with Crippen LogP contribution in [0.3, 0.4) is 0 Å². The second-order valence-electron chi connectivity index (χ2n) is 5.33. The molecule has 0 radical (unpaired) electrons. The van der Waals surface area contributed by atoms with E-state index in [0.717, 1.165) is 51.9 Å². The van der Waals surface area contributed by atoms with E-state index < -0.39 is 5.97 Å². The fourth-order valence-electron chi connectivity index (χ4n) is 3.18. The summed E-state index contributed by atoms with van der Waals surface area (Å²) in [7, 11) is 0. The van der Waals surface area contributed by atoms with Crippen LogP contribution in [0.2, 0.25) is 0 Å². The first-order valence-electron chi connectivity index (χ1n) is 7.04. The minimum absolute atomic E-state index is 0.225. The summed E-state index contributed by atoms with van der Waals surface area (Å²) in [5.74, 6) is -0.635. The average molecular weight is 252 g/mol. The molecular formula is C14H24N2O2. The van der Waals surface area contributed by atoms with Crippen molar-refractivity contribution in [2.75, 3.05) is 26.2 Å². The van der Waals surface area contributed by atoms with E-state index in [1.165, 1.54) is 0 Å². The van der Waals surface area contributed by atoms with Gasteiger partial charge < -0.3 is 5.11 Å². The number of hydrogen-bond acceptors (Lipinski definition) is 3. The van der Waals surface area contributed by atoms with Gasteiger partial charge in [0.05, 0.1) is 0 Å². The summed E-state index contributed by atoms with van der Waals surface area (Å²) in [4.78, 5) is 15.9. The fourth-order valence-corrected chi connectivity index (χ4v) is 3.18. The molecule has 18 heavy (non-hydrogen) atoms. The summed E-state index contributed by atoms with van der Waals surface area (Å²) in [6, 6.07) is 0.257. The van der Waals surface area contributed by atoms with Gasteiger partial charge in [-0.2, -0.15) is 0 Å². The Labute approximate surface area is 109 Å². The van der Waals surface area contributed by atoms with Crippen LogP contribution in [0.25, 0.3) is 0 Å². The Balaban J connectivity index is 1.83. The molecule has 1 N–H and O–H groups in total. The fraction of sp³-hybridized carbons (Fsp3) is 0.786. The molecule has 0 bridgehead atoms. The Morgan fingerprint density at radius 2 is 2.00 bits per heavy atom. The third-order valence-electron chi connectivity index (χ3n) is 4.20. The van der Waals surface area contributed by atoms with Crippen LogP contribution in [0.1, 0.15) is 32.6 Å². The van der Waals surface area contributed by atoms with Crippen molar-refractivity contribution in [1.82, 2.24) is 9.80 Å². The zero-order valence-electron chi connectivity index (χ0n) is 11.2. The molecule has 2 aliphatic rings. The first-order chi connectivity index (χ1) is 8.72. The van der Waals surface area contributed by atoms with Crippen LogP contribution in [0.4, 0.5) is 0 Å². The monoisotopic (exact) mass is 252 g/mol. The van der Waals surface area contributed by atoms with Gasteiger partial charge in [-0.05, 0) is 52.2 Å². The maximum atomic E-state index is 11.2. The van der Waals surface area contributed by atoms with E-state index in [1.54, 1.807) is 0 Å². The standard InChI is InChI=1S/C14H24N2O2/c1-2-3-8-15-10-6-12(7-11-15)16-9-4-5-13(16)14(17)18/h2-3,12-13H,4-11H2,1H3,(H,17,18)/b3-2+. The Kier molecular flexibility index (Phi) is 4.78. The highest BCUT2D eigenvalue weighted by atomic mass is 16.4. The Bertz CT molecular complexity index is 309. The lowest BCUT2D eigenvalue weighted by Crippen LogP contribution is -2.48. The van der Waals surface area contributed by atoms with Crippen LogP contribution >= 0.6 is 0 Å². The van der Waals surface area contributed by atoms with E-state index >= 15 is 0 Å². The second kappa shape index (κ2) is 6.34. The van der Waals surface area contributed by atoms with Gasteiger partial charge in [-0.1, -0.05) is 12.2 Å². The molecular weight excluding hydrogens is 228 g/mol. The first-order valence-corrected chi connectivity index (χ1v) is 7.04. The van der Waals surface area contributed by atoms with Crippen LogP contribution in [0, 0.1) is 0 Å². The van der Waals surface area contributed by atoms with Crippen molar-refractivity contribution in [1.29, 1.82) is 0 Å². The average Bonchev–Trinajstić information content (AvgIpc) is 2.86. The molecule has 2 saturated heterocycles. The zero-order valence-corrected chi connectivity index (χ0v) is 11.2. The van der Waals surface area contributed by atoms with E-state index in [2.05, 4.69) is 28.9 Å². The van der Waals surface area contributed by atoms with Gasteiger partial charge in [0.2, 0.25) is 0 Å². The first kappa shape index (κ1) is 13.6. The third kappa shape index (κ3) is 3.12. The highest BCUT2D eigenvalue weighted by Crippen LogP contribution is 2.26. The molecule has 1 unspecified atom stereocenters. The molecule has 4 heteroatoms. The maximum absolute atomic E-state index is 11.2. The molecule has 2 aliphatic heterocycles. The van der Waals surface area contributed by atoms with E-state index in [4.69, 9.17) is 0 Å². The molecule has 0 aromatic rings. The molecule has 2 rings (SSSR count). The van der Waals surface area contributed by atoms with Crippen molar-refractivity contribution in [3.8, 4) is 0 Å². The molecule has 0 saturated carbocycles. The van der Waals surface area contributed by atoms with Gasteiger partial charge in [0, 0.05) is 12.6 Å². The number of allylic oxidation sites excluding steroid dienone is 1. The number of carbonyl (C=O) groups is 1. The molecule has 102 valence electrons. The maximum Gasteiger partial charge on any atom is 0.320 e. The van der Waals surface area contributed by atoms with Gasteiger partial charge in [0.15, 0.2) is 0 Å². The summed E-state index contributed by atoms with van der Waals surface area (Å²) in [6.45, 7) is 6.24. The zero-order chi connectivity index (χ0) is 13.0. The smallest absolute Gasteiger partial charge is 0.320 e. The van der Waals surface area contributed by atoms with Crippen LogP contribution < -0.4 is 0 Å². The Morgan fingerprint density at radius 3 is 2.61 bits per heavy atom. The quantitative estimate of drug-likeness (QED) is 0.771. The minimum atomic E-state index is -0.635. The molecule has 1 atom stereocenters. The predicted octanol–water partition coefficient (Wildman–Crippen LogP) is 1.58. The Hall–Kier alpha value is -0.870. The van der Waals surface area contributed by atoms with Crippen molar-refractivity contribution < 1.29 is 9.90 Å². The summed E-state index contributed by atoms with van der Waals surface area (Å²) in [5.41, 5.74) is 0. The topological polar surface area (TPSA) is 43.8 Å². The van der Waals surface area contributed by atoms with Crippen LogP contribution in [0.5, 0.6) is 0 Å². The highest BCUT2D eigenvalue weighted by molar-refractivity contribution is 5.73. The Morgan fingerprint density at radius 1 is 1.28 bits per heavy atom. The van der Waals surface area contributed by atoms with Gasteiger partial charge >= 0.3 is 5.97 Å². The summed E-state index contributed by atoms with van der Waals surface area (Å²) in [5, 5.41) is 9.22. The van der Waals surface area contributed by atoms with Crippen LogP contribution in [-0.2, 0) is 4.79 Å². The molecule has 0 aromatic heterocycles. The second-order valence-corrected chi connectivity index (χ2v) is 5.33. The molecule has 0 amide bonds. The molecule has 0 spiro atoms. The van der Waals surface area contributed by atoms with Gasteiger partial charge in [0.1, 0.15) is 6.04 Å². The number of aliphatic carboxylic acids is 1. The van der Waals surface area contributed by atoms with E-state index in [-0.39, 0.29) is 6.04 Å². The third-order valence-corrected chi connectivity index (χ3v) is 4.20. The molecule has 4 nitrogen and oxygen atoms in total. The largest absolute Gasteiger partial charge is 0.480 e. The van der Waals surface area contributed by atoms with Crippen molar-refractivity contribution in [3.05, 3.63) is 12.2 Å². The number of carboxylic acids is 1. The van der Waals surface area contributed by atoms with Gasteiger partial charge in [-0.3, -0.25) is 14.6 Å². The minimum Gasteiger partial charge on any atom is -0.480 e. The number of carboxylic acid groups (broad SMARTS) is 1. The predicted molar refractivity (Wildman–Crippen MR) is 71.6 cm³/mol. The summed E-state index contributed by atoms with van der Waals surface area (Å²) >= 11 is 0. The summed E-state index contributed by atoms with van der Waals surface area (Å²) in [6.07, 6.45) is 8.37.